The Morgan fingerprint density at radius 3 is 2.64 bits per heavy atom. The standard InChI is InChI=1S/C20H29N5O3/c1-10(2)13-6-5-11(3)7-14(13)18-15(26)8-12(4)17(19(18)27)20(28)23-9-16(24-21)25-22/h7-8,13-14,26-27H,1,5-6,9,21-22H2,2-4H3,(H,23,28)(H,24,25). The number of phenols is 2. The van der Waals surface area contributed by atoms with E-state index < -0.39 is 5.91 Å². The number of aryl methyl sites for hydroxylation is 1. The number of phenolic OH excluding ortho intramolecular Hbond substituents is 2. The van der Waals surface area contributed by atoms with E-state index in [-0.39, 0.29) is 41.3 Å². The van der Waals surface area contributed by atoms with Crippen LogP contribution in [0.5, 0.6) is 11.5 Å². The first-order valence-corrected chi connectivity index (χ1v) is 9.10. The van der Waals surface area contributed by atoms with Crippen LogP contribution >= 0.6 is 0 Å². The minimum atomic E-state index is -0.518. The molecule has 2 atom stereocenters. The van der Waals surface area contributed by atoms with E-state index >= 15 is 0 Å². The minimum Gasteiger partial charge on any atom is -0.507 e. The number of hydrazone groups is 1. The van der Waals surface area contributed by atoms with Gasteiger partial charge in [0.05, 0.1) is 12.1 Å². The fourth-order valence-electron chi connectivity index (χ4n) is 3.71. The van der Waals surface area contributed by atoms with Gasteiger partial charge in [-0.05, 0) is 51.2 Å². The summed E-state index contributed by atoms with van der Waals surface area (Å²) < 4.78 is 0. The monoisotopic (exact) mass is 387 g/mol. The van der Waals surface area contributed by atoms with Crippen LogP contribution < -0.4 is 22.4 Å². The average Bonchev–Trinajstić information content (AvgIpc) is 2.62. The van der Waals surface area contributed by atoms with Crippen LogP contribution in [0.2, 0.25) is 0 Å². The smallest absolute Gasteiger partial charge is 0.255 e. The lowest BCUT2D eigenvalue weighted by molar-refractivity contribution is 0.0955. The van der Waals surface area contributed by atoms with Crippen LogP contribution in [0.3, 0.4) is 0 Å². The molecule has 0 heterocycles. The summed E-state index contributed by atoms with van der Waals surface area (Å²) in [6, 6.07) is 1.50. The number of amides is 1. The van der Waals surface area contributed by atoms with Gasteiger partial charge in [-0.3, -0.25) is 4.79 Å². The van der Waals surface area contributed by atoms with Crippen LogP contribution in [0.4, 0.5) is 0 Å². The summed E-state index contributed by atoms with van der Waals surface area (Å²) in [4.78, 5) is 12.7. The summed E-state index contributed by atoms with van der Waals surface area (Å²) in [6.07, 6.45) is 3.84. The third kappa shape index (κ3) is 4.28. The zero-order valence-corrected chi connectivity index (χ0v) is 16.5. The second kappa shape index (κ2) is 8.79. The third-order valence-electron chi connectivity index (χ3n) is 5.19. The number of hydrazine groups is 1. The highest BCUT2D eigenvalue weighted by molar-refractivity contribution is 6.01. The van der Waals surface area contributed by atoms with Gasteiger partial charge in [-0.2, -0.15) is 5.10 Å². The van der Waals surface area contributed by atoms with Crippen molar-refractivity contribution in [3.8, 4) is 11.5 Å². The molecule has 1 aliphatic rings. The number of rotatable bonds is 5. The molecule has 1 aromatic rings. The highest BCUT2D eigenvalue weighted by Crippen LogP contribution is 2.47. The Morgan fingerprint density at radius 1 is 1.39 bits per heavy atom. The molecule has 0 saturated heterocycles. The summed E-state index contributed by atoms with van der Waals surface area (Å²) in [5, 5.41) is 27.6. The Labute approximate surface area is 165 Å². The van der Waals surface area contributed by atoms with E-state index in [1.807, 2.05) is 19.9 Å². The Hall–Kier alpha value is -3.00. The molecule has 0 fully saturated rings. The highest BCUT2D eigenvalue weighted by atomic mass is 16.3. The number of aromatic hydroxyl groups is 2. The second-order valence-electron chi connectivity index (χ2n) is 7.28. The van der Waals surface area contributed by atoms with Crippen molar-refractivity contribution in [2.45, 2.75) is 39.5 Å². The van der Waals surface area contributed by atoms with Crippen LogP contribution in [0.25, 0.3) is 0 Å². The van der Waals surface area contributed by atoms with Crippen molar-refractivity contribution < 1.29 is 15.0 Å². The molecular weight excluding hydrogens is 358 g/mol. The van der Waals surface area contributed by atoms with Crippen LogP contribution in [-0.4, -0.2) is 28.5 Å². The minimum absolute atomic E-state index is 0.0300. The molecule has 0 aromatic heterocycles. The van der Waals surface area contributed by atoms with E-state index in [1.54, 1.807) is 6.92 Å². The van der Waals surface area contributed by atoms with Gasteiger partial charge in [0, 0.05) is 11.5 Å². The zero-order chi connectivity index (χ0) is 21.0. The van der Waals surface area contributed by atoms with Gasteiger partial charge in [-0.25, -0.2) is 5.84 Å². The number of nitrogens with zero attached hydrogens (tertiary/aromatic N) is 1. The molecule has 28 heavy (non-hydrogen) atoms. The van der Waals surface area contributed by atoms with Crippen LogP contribution in [-0.2, 0) is 0 Å². The highest BCUT2D eigenvalue weighted by Gasteiger charge is 2.32. The van der Waals surface area contributed by atoms with Crippen molar-refractivity contribution in [2.24, 2.45) is 22.7 Å². The fourth-order valence-corrected chi connectivity index (χ4v) is 3.71. The zero-order valence-electron chi connectivity index (χ0n) is 16.5. The molecule has 1 aromatic carbocycles. The van der Waals surface area contributed by atoms with Gasteiger partial charge in [0.15, 0.2) is 5.84 Å². The number of nitrogens with two attached hydrogens (primary N) is 2. The summed E-state index contributed by atoms with van der Waals surface area (Å²) >= 11 is 0. The van der Waals surface area contributed by atoms with Gasteiger partial charge in [0.2, 0.25) is 0 Å². The molecule has 2 rings (SSSR count). The van der Waals surface area contributed by atoms with Crippen molar-refractivity contribution in [1.29, 1.82) is 0 Å². The van der Waals surface area contributed by atoms with Crippen LogP contribution in [0.1, 0.15) is 54.1 Å². The summed E-state index contributed by atoms with van der Waals surface area (Å²) in [7, 11) is 0. The van der Waals surface area contributed by atoms with Crippen molar-refractivity contribution in [3.05, 3.63) is 46.6 Å². The maximum atomic E-state index is 12.7. The largest absolute Gasteiger partial charge is 0.507 e. The Kier molecular flexibility index (Phi) is 6.69. The van der Waals surface area contributed by atoms with Gasteiger partial charge in [-0.1, -0.05) is 23.8 Å². The van der Waals surface area contributed by atoms with E-state index in [2.05, 4.69) is 22.4 Å². The van der Waals surface area contributed by atoms with Crippen LogP contribution in [0.15, 0.2) is 35.0 Å². The van der Waals surface area contributed by atoms with Gasteiger partial charge >= 0.3 is 0 Å². The first-order chi connectivity index (χ1) is 13.2. The van der Waals surface area contributed by atoms with Crippen LogP contribution in [0, 0.1) is 12.8 Å². The molecule has 0 spiro atoms. The molecule has 0 bridgehead atoms. The molecule has 0 saturated carbocycles. The number of amidine groups is 1. The number of allylic oxidation sites excluding steroid dienone is 3. The molecule has 1 aliphatic carbocycles. The number of nitrogens with one attached hydrogen (secondary N) is 2. The predicted molar refractivity (Wildman–Crippen MR) is 110 cm³/mol. The van der Waals surface area contributed by atoms with Gasteiger partial charge in [-0.15, -0.1) is 0 Å². The molecule has 0 aliphatic heterocycles. The average molecular weight is 387 g/mol. The molecule has 1 amide bonds. The van der Waals surface area contributed by atoms with Crippen molar-refractivity contribution in [1.82, 2.24) is 10.7 Å². The Bertz CT molecular complexity index is 845. The van der Waals surface area contributed by atoms with E-state index in [9.17, 15) is 15.0 Å². The van der Waals surface area contributed by atoms with E-state index in [4.69, 9.17) is 11.7 Å². The molecule has 2 unspecified atom stereocenters. The SMILES string of the molecule is C=C(C)C1CCC(C)=CC1c1c(O)cc(C)c(C(=O)NC/C(=N/N)NN)c1O. The predicted octanol–water partition coefficient (Wildman–Crippen LogP) is 1.89. The lowest BCUT2D eigenvalue weighted by Gasteiger charge is -2.32. The first kappa shape index (κ1) is 21.3. The van der Waals surface area contributed by atoms with Gasteiger partial charge in [0.1, 0.15) is 11.5 Å². The van der Waals surface area contributed by atoms with Gasteiger partial charge < -0.3 is 26.8 Å². The maximum absolute atomic E-state index is 12.7. The van der Waals surface area contributed by atoms with E-state index in [0.717, 1.165) is 18.4 Å². The number of carbonyl (C=O) groups excluding carboxylic acids is 1. The fraction of sp³-hybridized carbons (Fsp3) is 0.400. The van der Waals surface area contributed by atoms with E-state index in [1.165, 1.54) is 11.6 Å². The Balaban J connectivity index is 2.50. The lowest BCUT2D eigenvalue weighted by Crippen LogP contribution is -2.41. The third-order valence-corrected chi connectivity index (χ3v) is 5.19. The number of hydrogen-bond donors (Lipinski definition) is 6. The summed E-state index contributed by atoms with van der Waals surface area (Å²) in [6.45, 7) is 9.64. The Morgan fingerprint density at radius 2 is 2.07 bits per heavy atom. The van der Waals surface area contributed by atoms with Crippen molar-refractivity contribution >= 4 is 11.7 Å². The maximum Gasteiger partial charge on any atom is 0.255 e. The normalized spacial score (nSPS) is 19.7. The quantitative estimate of drug-likeness (QED) is 0.150. The molecule has 8 N–H and O–H groups in total. The van der Waals surface area contributed by atoms with Crippen molar-refractivity contribution in [3.63, 3.8) is 0 Å². The lowest BCUT2D eigenvalue weighted by atomic mass is 9.73. The molecule has 8 nitrogen and oxygen atoms in total. The molecular formula is C20H29N5O3. The van der Waals surface area contributed by atoms with E-state index in [0.29, 0.717) is 11.1 Å². The number of hydrogen-bond acceptors (Lipinski definition) is 6. The molecule has 0 radical (unpaired) electrons. The number of benzene rings is 1. The van der Waals surface area contributed by atoms with Gasteiger partial charge in [0.25, 0.3) is 5.91 Å². The summed E-state index contributed by atoms with van der Waals surface area (Å²) in [5.41, 5.74) is 5.30. The first-order valence-electron chi connectivity index (χ1n) is 9.10. The molecule has 8 heteroatoms. The van der Waals surface area contributed by atoms with Crippen molar-refractivity contribution in [2.75, 3.05) is 6.54 Å². The molecule has 152 valence electrons. The summed E-state index contributed by atoms with van der Waals surface area (Å²) in [5.74, 6) is 9.62. The topological polar surface area (TPSA) is 146 Å². The second-order valence-corrected chi connectivity index (χ2v) is 7.28. The number of carbonyl (C=O) groups is 1.